The molecule has 0 amide bonds. The molecule has 1 unspecified atom stereocenters. The molecule has 0 N–H and O–H groups in total. The Bertz CT molecular complexity index is 898. The fourth-order valence-electron chi connectivity index (χ4n) is 5.14. The molecule has 0 aliphatic heterocycles. The molecule has 0 fully saturated rings. The topological polar surface area (TPSA) is 0 Å². The van der Waals surface area contributed by atoms with E-state index in [9.17, 15) is 0 Å². The SMILES string of the molecule is CCCCCCCCCCCCc1ccsc1C1Cc2cccc3cccc1c23. The fourth-order valence-corrected chi connectivity index (χ4v) is 6.21. The maximum atomic E-state index is 2.40. The molecule has 1 aromatic heterocycles. The normalized spacial score (nSPS) is 15.4. The number of benzene rings is 2. The quantitative estimate of drug-likeness (QED) is 0.264. The molecule has 154 valence electrons. The van der Waals surface area contributed by atoms with Crippen molar-refractivity contribution >= 4 is 22.1 Å². The van der Waals surface area contributed by atoms with Crippen LogP contribution in [0.5, 0.6) is 0 Å². The molecule has 1 aliphatic rings. The van der Waals surface area contributed by atoms with Crippen molar-refractivity contribution in [3.05, 3.63) is 69.4 Å². The maximum absolute atomic E-state index is 2.40. The largest absolute Gasteiger partial charge is 0.148 e. The van der Waals surface area contributed by atoms with Crippen molar-refractivity contribution < 1.29 is 0 Å². The van der Waals surface area contributed by atoms with Crippen LogP contribution in [-0.4, -0.2) is 0 Å². The summed E-state index contributed by atoms with van der Waals surface area (Å²) in [5.41, 5.74) is 4.72. The van der Waals surface area contributed by atoms with Crippen molar-refractivity contribution in [2.45, 2.75) is 89.9 Å². The van der Waals surface area contributed by atoms with E-state index in [0.717, 1.165) is 0 Å². The summed E-state index contributed by atoms with van der Waals surface area (Å²) in [7, 11) is 0. The summed E-state index contributed by atoms with van der Waals surface area (Å²) in [4.78, 5) is 1.63. The first-order chi connectivity index (χ1) is 14.4. The zero-order valence-corrected chi connectivity index (χ0v) is 18.9. The van der Waals surface area contributed by atoms with Gasteiger partial charge in [-0.25, -0.2) is 0 Å². The Balaban J connectivity index is 1.27. The van der Waals surface area contributed by atoms with Crippen molar-refractivity contribution in [3.63, 3.8) is 0 Å². The minimum Gasteiger partial charge on any atom is -0.148 e. The van der Waals surface area contributed by atoms with Crippen molar-refractivity contribution in [1.29, 1.82) is 0 Å². The van der Waals surface area contributed by atoms with Gasteiger partial charge in [-0.15, -0.1) is 11.3 Å². The van der Waals surface area contributed by atoms with E-state index in [1.807, 2.05) is 11.3 Å². The fraction of sp³-hybridized carbons (Fsp3) is 0.500. The smallest absolute Gasteiger partial charge is 0.0233 e. The lowest BCUT2D eigenvalue weighted by Gasteiger charge is -2.13. The monoisotopic (exact) mass is 404 g/mol. The summed E-state index contributed by atoms with van der Waals surface area (Å²) in [6.07, 6.45) is 16.6. The van der Waals surface area contributed by atoms with E-state index in [2.05, 4.69) is 54.8 Å². The summed E-state index contributed by atoms with van der Waals surface area (Å²) in [5.74, 6) is 0.578. The Morgan fingerprint density at radius 3 is 2.24 bits per heavy atom. The van der Waals surface area contributed by atoms with E-state index < -0.39 is 0 Å². The molecule has 4 rings (SSSR count). The highest BCUT2D eigenvalue weighted by Gasteiger charge is 2.27. The van der Waals surface area contributed by atoms with Crippen LogP contribution >= 0.6 is 11.3 Å². The van der Waals surface area contributed by atoms with Crippen LogP contribution in [0.4, 0.5) is 0 Å². The molecule has 0 nitrogen and oxygen atoms in total. The minimum atomic E-state index is 0.578. The van der Waals surface area contributed by atoms with Crippen LogP contribution in [0.25, 0.3) is 10.8 Å². The van der Waals surface area contributed by atoms with Gasteiger partial charge in [0.2, 0.25) is 0 Å². The van der Waals surface area contributed by atoms with Crippen LogP contribution in [0.1, 0.15) is 98.6 Å². The third-order valence-electron chi connectivity index (χ3n) is 6.72. The molecule has 0 spiro atoms. The van der Waals surface area contributed by atoms with Gasteiger partial charge in [0.05, 0.1) is 0 Å². The van der Waals surface area contributed by atoms with E-state index in [0.29, 0.717) is 5.92 Å². The summed E-state index contributed by atoms with van der Waals surface area (Å²) in [6, 6.07) is 16.1. The van der Waals surface area contributed by atoms with Gasteiger partial charge in [-0.2, -0.15) is 0 Å². The van der Waals surface area contributed by atoms with Gasteiger partial charge in [0, 0.05) is 10.8 Å². The third-order valence-corrected chi connectivity index (χ3v) is 7.79. The summed E-state index contributed by atoms with van der Waals surface area (Å²) >= 11 is 1.98. The lowest BCUT2D eigenvalue weighted by Crippen LogP contribution is -2.00. The average Bonchev–Trinajstić information content (AvgIpc) is 3.35. The van der Waals surface area contributed by atoms with Gasteiger partial charge in [-0.1, -0.05) is 101 Å². The molecule has 0 saturated carbocycles. The molecule has 1 atom stereocenters. The van der Waals surface area contributed by atoms with Gasteiger partial charge in [-0.05, 0) is 58.2 Å². The molecule has 1 heterocycles. The van der Waals surface area contributed by atoms with Crippen LogP contribution < -0.4 is 0 Å². The minimum absolute atomic E-state index is 0.578. The van der Waals surface area contributed by atoms with Gasteiger partial charge in [-0.3, -0.25) is 0 Å². The molecular formula is C28H36S. The molecule has 1 aliphatic carbocycles. The second-order valence-electron chi connectivity index (χ2n) is 8.86. The third kappa shape index (κ3) is 4.94. The Hall–Kier alpha value is -1.60. The molecule has 3 aromatic rings. The number of aryl methyl sites for hydroxylation is 1. The highest BCUT2D eigenvalue weighted by atomic mass is 32.1. The summed E-state index contributed by atoms with van der Waals surface area (Å²) in [5, 5.41) is 5.26. The molecule has 0 bridgehead atoms. The standard InChI is InChI=1S/C28H36S/c1-2-3-4-5-6-7-8-9-10-11-14-23-19-20-29-28(23)26-21-24-17-12-15-22-16-13-18-25(26)27(22)24/h12-13,15-20,26H,2-11,14,21H2,1H3. The maximum Gasteiger partial charge on any atom is 0.0233 e. The van der Waals surface area contributed by atoms with Crippen LogP contribution in [-0.2, 0) is 12.8 Å². The Morgan fingerprint density at radius 1 is 0.793 bits per heavy atom. The lowest BCUT2D eigenvalue weighted by molar-refractivity contribution is 0.556. The first kappa shape index (κ1) is 20.7. The Morgan fingerprint density at radius 2 is 1.48 bits per heavy atom. The van der Waals surface area contributed by atoms with Gasteiger partial charge in [0.1, 0.15) is 0 Å². The van der Waals surface area contributed by atoms with Crippen molar-refractivity contribution in [2.75, 3.05) is 0 Å². The van der Waals surface area contributed by atoms with Crippen molar-refractivity contribution in [1.82, 2.24) is 0 Å². The van der Waals surface area contributed by atoms with E-state index in [4.69, 9.17) is 0 Å². The lowest BCUT2D eigenvalue weighted by atomic mass is 9.94. The van der Waals surface area contributed by atoms with Gasteiger partial charge >= 0.3 is 0 Å². The van der Waals surface area contributed by atoms with E-state index >= 15 is 0 Å². The summed E-state index contributed by atoms with van der Waals surface area (Å²) in [6.45, 7) is 2.30. The van der Waals surface area contributed by atoms with Gasteiger partial charge in [0.25, 0.3) is 0 Å². The first-order valence-corrected chi connectivity index (χ1v) is 12.8. The summed E-state index contributed by atoms with van der Waals surface area (Å²) < 4.78 is 0. The van der Waals surface area contributed by atoms with Crippen LogP contribution in [0.3, 0.4) is 0 Å². The highest BCUT2D eigenvalue weighted by molar-refractivity contribution is 7.10. The van der Waals surface area contributed by atoms with E-state index in [1.165, 1.54) is 87.8 Å². The number of thiophene rings is 1. The second kappa shape index (κ2) is 10.4. The zero-order valence-electron chi connectivity index (χ0n) is 18.1. The second-order valence-corrected chi connectivity index (χ2v) is 9.81. The van der Waals surface area contributed by atoms with Crippen LogP contribution in [0, 0.1) is 0 Å². The number of hydrogen-bond acceptors (Lipinski definition) is 1. The van der Waals surface area contributed by atoms with Crippen LogP contribution in [0.15, 0.2) is 47.8 Å². The van der Waals surface area contributed by atoms with Crippen LogP contribution in [0.2, 0.25) is 0 Å². The Kier molecular flexibility index (Phi) is 7.44. The number of hydrogen-bond donors (Lipinski definition) is 0. The predicted molar refractivity (Wildman–Crippen MR) is 129 cm³/mol. The predicted octanol–water partition coefficient (Wildman–Crippen LogP) is 9.05. The first-order valence-electron chi connectivity index (χ1n) is 11.9. The number of unbranched alkanes of at least 4 members (excludes halogenated alkanes) is 9. The van der Waals surface area contributed by atoms with E-state index in [-0.39, 0.29) is 0 Å². The Labute approximate surface area is 181 Å². The molecule has 0 saturated heterocycles. The average molecular weight is 405 g/mol. The van der Waals surface area contributed by atoms with E-state index in [1.54, 1.807) is 21.6 Å². The van der Waals surface area contributed by atoms with Gasteiger partial charge in [0.15, 0.2) is 0 Å². The van der Waals surface area contributed by atoms with Gasteiger partial charge < -0.3 is 0 Å². The zero-order chi connectivity index (χ0) is 19.9. The molecule has 0 radical (unpaired) electrons. The molecule has 1 heteroatoms. The highest BCUT2D eigenvalue weighted by Crippen LogP contribution is 2.44. The molecule has 2 aromatic carbocycles. The molecule has 29 heavy (non-hydrogen) atoms. The number of rotatable bonds is 12. The molecular weight excluding hydrogens is 368 g/mol. The van der Waals surface area contributed by atoms with Crippen molar-refractivity contribution in [2.24, 2.45) is 0 Å². The van der Waals surface area contributed by atoms with Crippen molar-refractivity contribution in [3.8, 4) is 0 Å².